The van der Waals surface area contributed by atoms with E-state index in [1.54, 1.807) is 0 Å². The van der Waals surface area contributed by atoms with Crippen LogP contribution in [-0.2, 0) is 16.4 Å². The van der Waals surface area contributed by atoms with E-state index in [9.17, 15) is 8.42 Å². The van der Waals surface area contributed by atoms with Crippen molar-refractivity contribution in [3.8, 4) is 5.75 Å². The Morgan fingerprint density at radius 3 is 2.67 bits per heavy atom. The number of hydrogen-bond donors (Lipinski definition) is 0. The first-order chi connectivity index (χ1) is 13.0. The van der Waals surface area contributed by atoms with Crippen LogP contribution in [0.3, 0.4) is 0 Å². The van der Waals surface area contributed by atoms with Crippen molar-refractivity contribution in [2.75, 3.05) is 38.2 Å². The van der Waals surface area contributed by atoms with Crippen molar-refractivity contribution in [2.24, 2.45) is 0 Å². The zero-order valence-electron chi connectivity index (χ0n) is 16.1. The van der Waals surface area contributed by atoms with Gasteiger partial charge < -0.3 is 4.74 Å². The molecule has 2 saturated heterocycles. The zero-order chi connectivity index (χ0) is 19.0. The van der Waals surface area contributed by atoms with Gasteiger partial charge in [-0.2, -0.15) is 0 Å². The normalized spacial score (nSPS) is 25.6. The van der Waals surface area contributed by atoms with E-state index in [0.29, 0.717) is 6.61 Å². The fourth-order valence-electron chi connectivity index (χ4n) is 4.42. The molecule has 27 heavy (non-hydrogen) atoms. The van der Waals surface area contributed by atoms with Gasteiger partial charge in [-0.05, 0) is 30.3 Å². The molecule has 146 valence electrons. The van der Waals surface area contributed by atoms with Gasteiger partial charge in [0.2, 0.25) is 0 Å². The average Bonchev–Trinajstić information content (AvgIpc) is 2.99. The summed E-state index contributed by atoms with van der Waals surface area (Å²) in [7, 11) is -0.923. The molecule has 0 radical (unpaired) electrons. The van der Waals surface area contributed by atoms with Crippen LogP contribution in [0.25, 0.3) is 10.8 Å². The van der Waals surface area contributed by atoms with Crippen LogP contribution in [0.2, 0.25) is 0 Å². The van der Waals surface area contributed by atoms with Crippen molar-refractivity contribution in [3.05, 3.63) is 42.0 Å². The summed E-state index contributed by atoms with van der Waals surface area (Å²) in [4.78, 5) is 4.57. The molecule has 0 amide bonds. The fraction of sp³-hybridized carbons (Fsp3) is 0.524. The third kappa shape index (κ3) is 3.71. The first-order valence-electron chi connectivity index (χ1n) is 9.76. The number of benzene rings is 2. The standard InChI is InChI=1S/C21H28N2O3S/c1-3-12-26-21-9-8-16-6-4-5-7-17(16)18(21)13-23-11-10-22(2)19-14-27(24,25)15-20(19)23/h4-9,19-20H,3,10-15H2,1-2H3/t19-,20+/m0/s1. The fourth-order valence-corrected chi connectivity index (χ4v) is 6.51. The van der Waals surface area contributed by atoms with Gasteiger partial charge in [0.25, 0.3) is 0 Å². The molecule has 2 aromatic carbocycles. The van der Waals surface area contributed by atoms with Crippen LogP contribution in [0.4, 0.5) is 0 Å². The van der Waals surface area contributed by atoms with Gasteiger partial charge in [-0.15, -0.1) is 0 Å². The van der Waals surface area contributed by atoms with Gasteiger partial charge in [-0.25, -0.2) is 8.42 Å². The van der Waals surface area contributed by atoms with Gasteiger partial charge >= 0.3 is 0 Å². The molecule has 5 nitrogen and oxygen atoms in total. The molecule has 0 aromatic heterocycles. The van der Waals surface area contributed by atoms with Crippen LogP contribution in [0.5, 0.6) is 5.75 Å². The molecule has 2 aliphatic heterocycles. The van der Waals surface area contributed by atoms with E-state index in [2.05, 4.69) is 47.1 Å². The number of hydrogen-bond acceptors (Lipinski definition) is 5. The van der Waals surface area contributed by atoms with Crippen LogP contribution in [0.15, 0.2) is 36.4 Å². The topological polar surface area (TPSA) is 49.9 Å². The lowest BCUT2D eigenvalue weighted by molar-refractivity contribution is 0.0569. The second-order valence-electron chi connectivity index (χ2n) is 7.77. The predicted octanol–water partition coefficient (Wildman–Crippen LogP) is 2.54. The molecule has 0 aliphatic carbocycles. The average molecular weight is 389 g/mol. The Morgan fingerprint density at radius 2 is 1.85 bits per heavy atom. The quantitative estimate of drug-likeness (QED) is 0.788. The molecule has 2 atom stereocenters. The van der Waals surface area contributed by atoms with Crippen LogP contribution < -0.4 is 4.74 Å². The maximum atomic E-state index is 12.3. The highest BCUT2D eigenvalue weighted by Crippen LogP contribution is 2.33. The maximum Gasteiger partial charge on any atom is 0.153 e. The highest BCUT2D eigenvalue weighted by atomic mass is 32.2. The highest BCUT2D eigenvalue weighted by Gasteiger charge is 2.45. The van der Waals surface area contributed by atoms with E-state index in [4.69, 9.17) is 4.74 Å². The van der Waals surface area contributed by atoms with Crippen molar-refractivity contribution < 1.29 is 13.2 Å². The molecule has 0 unspecified atom stereocenters. The summed E-state index contributed by atoms with van der Waals surface area (Å²) >= 11 is 0. The van der Waals surface area contributed by atoms with Crippen LogP contribution in [0, 0.1) is 0 Å². The van der Waals surface area contributed by atoms with Gasteiger partial charge in [0.15, 0.2) is 9.84 Å². The van der Waals surface area contributed by atoms with Crippen molar-refractivity contribution in [3.63, 3.8) is 0 Å². The lowest BCUT2D eigenvalue weighted by atomic mass is 10.00. The minimum atomic E-state index is -2.97. The lowest BCUT2D eigenvalue weighted by Crippen LogP contribution is -2.57. The molecule has 2 heterocycles. The Bertz CT molecular complexity index is 928. The van der Waals surface area contributed by atoms with E-state index in [1.807, 2.05) is 13.1 Å². The van der Waals surface area contributed by atoms with Gasteiger partial charge in [0.1, 0.15) is 5.75 Å². The van der Waals surface area contributed by atoms with Crippen LogP contribution in [0.1, 0.15) is 18.9 Å². The number of likely N-dealkylation sites (N-methyl/N-ethyl adjacent to an activating group) is 1. The number of rotatable bonds is 5. The molecule has 0 spiro atoms. The minimum Gasteiger partial charge on any atom is -0.493 e. The summed E-state index contributed by atoms with van der Waals surface area (Å²) in [5.41, 5.74) is 1.18. The molecule has 2 fully saturated rings. The Morgan fingerprint density at radius 1 is 1.07 bits per heavy atom. The SMILES string of the molecule is CCCOc1ccc2ccccc2c1CN1CCN(C)[C@H]2CS(=O)(=O)C[C@H]21. The van der Waals surface area contributed by atoms with Crippen molar-refractivity contribution in [1.29, 1.82) is 0 Å². The van der Waals surface area contributed by atoms with E-state index in [0.717, 1.165) is 31.8 Å². The Balaban J connectivity index is 1.69. The summed E-state index contributed by atoms with van der Waals surface area (Å²) < 4.78 is 30.6. The van der Waals surface area contributed by atoms with Crippen molar-refractivity contribution >= 4 is 20.6 Å². The number of piperazine rings is 1. The Hall–Kier alpha value is -1.63. The smallest absolute Gasteiger partial charge is 0.153 e. The molecular weight excluding hydrogens is 360 g/mol. The second-order valence-corrected chi connectivity index (χ2v) is 9.93. The van der Waals surface area contributed by atoms with Gasteiger partial charge in [-0.3, -0.25) is 9.80 Å². The minimum absolute atomic E-state index is 0.0618. The zero-order valence-corrected chi connectivity index (χ0v) is 16.9. The summed E-state index contributed by atoms with van der Waals surface area (Å²) in [6, 6.07) is 12.7. The molecule has 0 saturated carbocycles. The summed E-state index contributed by atoms with van der Waals surface area (Å²) in [5.74, 6) is 1.46. The first-order valence-corrected chi connectivity index (χ1v) is 11.6. The highest BCUT2D eigenvalue weighted by molar-refractivity contribution is 7.91. The lowest BCUT2D eigenvalue weighted by Gasteiger charge is -2.42. The molecule has 2 aliphatic rings. The van der Waals surface area contributed by atoms with Crippen molar-refractivity contribution in [2.45, 2.75) is 32.0 Å². The van der Waals surface area contributed by atoms with E-state index in [-0.39, 0.29) is 23.6 Å². The van der Waals surface area contributed by atoms with Gasteiger partial charge in [0, 0.05) is 37.3 Å². The number of ether oxygens (including phenoxy) is 1. The predicted molar refractivity (Wildman–Crippen MR) is 109 cm³/mol. The third-order valence-electron chi connectivity index (χ3n) is 5.89. The number of fused-ring (bicyclic) bond motifs is 2. The van der Waals surface area contributed by atoms with Crippen molar-refractivity contribution in [1.82, 2.24) is 9.80 Å². The largest absolute Gasteiger partial charge is 0.493 e. The number of nitrogens with zero attached hydrogens (tertiary/aromatic N) is 2. The summed E-state index contributed by atoms with van der Waals surface area (Å²) in [5, 5.41) is 2.39. The Kier molecular flexibility index (Phi) is 5.14. The molecule has 4 rings (SSSR count). The molecule has 2 aromatic rings. The van der Waals surface area contributed by atoms with Crippen LogP contribution in [-0.4, -0.2) is 68.6 Å². The molecule has 0 bridgehead atoms. The van der Waals surface area contributed by atoms with E-state index < -0.39 is 9.84 Å². The van der Waals surface area contributed by atoms with Gasteiger partial charge in [0.05, 0.1) is 18.1 Å². The Labute approximate surface area is 161 Å². The third-order valence-corrected chi connectivity index (χ3v) is 7.59. The van der Waals surface area contributed by atoms with E-state index >= 15 is 0 Å². The monoisotopic (exact) mass is 388 g/mol. The van der Waals surface area contributed by atoms with Gasteiger partial charge in [-0.1, -0.05) is 37.3 Å². The van der Waals surface area contributed by atoms with E-state index in [1.165, 1.54) is 16.3 Å². The van der Waals surface area contributed by atoms with Crippen LogP contribution >= 0.6 is 0 Å². The molecule has 0 N–H and O–H groups in total. The summed E-state index contributed by atoms with van der Waals surface area (Å²) in [6.45, 7) is 5.30. The second kappa shape index (κ2) is 7.41. The number of sulfone groups is 1. The summed E-state index contributed by atoms with van der Waals surface area (Å²) in [6.07, 6.45) is 0.962. The molecule has 6 heteroatoms. The maximum absolute atomic E-state index is 12.3. The molecular formula is C21H28N2O3S. The first kappa shape index (κ1) is 18.7.